The molecular formula is C18H20N4O4S2. The number of para-hydroxylation sites is 1. The zero-order valence-corrected chi connectivity index (χ0v) is 17.2. The predicted molar refractivity (Wildman–Crippen MR) is 107 cm³/mol. The number of nitrogens with zero attached hydrogens (tertiary/aromatic N) is 4. The van der Waals surface area contributed by atoms with E-state index in [1.807, 2.05) is 53.5 Å². The maximum Gasteiger partial charge on any atom is 0.408 e. The van der Waals surface area contributed by atoms with Gasteiger partial charge in [-0.15, -0.1) is 0 Å². The van der Waals surface area contributed by atoms with Gasteiger partial charge in [0.15, 0.2) is 0 Å². The molecule has 10 heteroatoms. The molecule has 0 N–H and O–H groups in total. The molecule has 0 atom stereocenters. The maximum atomic E-state index is 9.22. The van der Waals surface area contributed by atoms with E-state index in [2.05, 4.69) is 50.6 Å². The van der Waals surface area contributed by atoms with E-state index in [0.717, 1.165) is 29.3 Å². The molecule has 0 fully saturated rings. The summed E-state index contributed by atoms with van der Waals surface area (Å²) < 4.78 is 33.0. The van der Waals surface area contributed by atoms with E-state index in [-0.39, 0.29) is 0 Å². The number of aryl methyl sites for hydroxylation is 1. The Balaban J connectivity index is 0.000000409. The summed E-state index contributed by atoms with van der Waals surface area (Å²) in [5, 5.41) is 11.4. The van der Waals surface area contributed by atoms with E-state index in [0.29, 0.717) is 0 Å². The molecule has 1 aromatic heterocycles. The van der Waals surface area contributed by atoms with Crippen molar-refractivity contribution >= 4 is 43.9 Å². The van der Waals surface area contributed by atoms with Crippen LogP contribution in [-0.2, 0) is 21.6 Å². The van der Waals surface area contributed by atoms with Gasteiger partial charge in [-0.3, -0.25) is 4.18 Å². The van der Waals surface area contributed by atoms with E-state index in [9.17, 15) is 13.0 Å². The summed E-state index contributed by atoms with van der Waals surface area (Å²) in [6, 6.07) is 18.3. The van der Waals surface area contributed by atoms with Gasteiger partial charge in [0.05, 0.1) is 19.3 Å². The van der Waals surface area contributed by atoms with Crippen LogP contribution >= 0.6 is 11.3 Å². The largest absolute Gasteiger partial charge is 0.726 e. The molecule has 0 aliphatic rings. The van der Waals surface area contributed by atoms with E-state index >= 15 is 0 Å². The van der Waals surface area contributed by atoms with Crippen LogP contribution in [0.25, 0.3) is 0 Å². The first-order valence-electron chi connectivity index (χ1n) is 8.05. The standard InChI is InChI=1S/C17H17N4S.CH4O4S/c1-20-12-13-22-17(20)19-18-14-8-10-16(11-9-14)21(2)15-6-4-3-5-7-15;1-5-6(2,3)4/h3-13H,1-2H3;1H3,(H,2,3,4)/q+1;/p-1. The first-order chi connectivity index (χ1) is 13.3. The zero-order valence-electron chi connectivity index (χ0n) is 15.6. The minimum atomic E-state index is -4.41. The van der Waals surface area contributed by atoms with Gasteiger partial charge >= 0.3 is 5.13 Å². The van der Waals surface area contributed by atoms with E-state index in [1.54, 1.807) is 11.3 Å². The Bertz CT molecular complexity index is 1000. The van der Waals surface area contributed by atoms with Crippen LogP contribution in [0.2, 0.25) is 0 Å². The molecule has 0 saturated carbocycles. The predicted octanol–water partition coefficient (Wildman–Crippen LogP) is 3.85. The van der Waals surface area contributed by atoms with Gasteiger partial charge in [-0.25, -0.2) is 13.0 Å². The summed E-state index contributed by atoms with van der Waals surface area (Å²) in [6.07, 6.45) is 1.97. The average molecular weight is 421 g/mol. The first kappa shape index (κ1) is 21.6. The summed E-state index contributed by atoms with van der Waals surface area (Å²) in [5.41, 5.74) is 3.12. The molecule has 0 aliphatic heterocycles. The number of hydrogen-bond acceptors (Lipinski definition) is 8. The fourth-order valence-corrected chi connectivity index (χ4v) is 2.75. The van der Waals surface area contributed by atoms with E-state index < -0.39 is 10.4 Å². The molecule has 0 amide bonds. The first-order valence-corrected chi connectivity index (χ1v) is 10.3. The second kappa shape index (κ2) is 10.0. The van der Waals surface area contributed by atoms with Gasteiger partial charge in [0.2, 0.25) is 10.4 Å². The van der Waals surface area contributed by atoms with E-state index in [1.165, 1.54) is 0 Å². The third-order valence-electron chi connectivity index (χ3n) is 3.60. The molecule has 0 radical (unpaired) electrons. The van der Waals surface area contributed by atoms with Crippen LogP contribution in [0.5, 0.6) is 0 Å². The lowest BCUT2D eigenvalue weighted by Crippen LogP contribution is -2.23. The molecule has 0 aliphatic carbocycles. The molecule has 8 nitrogen and oxygen atoms in total. The molecule has 0 spiro atoms. The number of benzene rings is 2. The molecule has 0 bridgehead atoms. The SMILES string of the molecule is CN(c1ccccc1)c1ccc(N=Nc2scc[n+]2C)cc1.COS(=O)(=O)[O-]. The Morgan fingerprint density at radius 1 is 1.04 bits per heavy atom. The molecule has 2 aromatic carbocycles. The fraction of sp³-hybridized carbons (Fsp3) is 0.167. The smallest absolute Gasteiger partial charge is 0.408 e. The molecule has 28 heavy (non-hydrogen) atoms. The van der Waals surface area contributed by atoms with Crippen molar-refractivity contribution in [3.63, 3.8) is 0 Å². The van der Waals surface area contributed by atoms with Crippen molar-refractivity contribution in [2.24, 2.45) is 17.3 Å². The average Bonchev–Trinajstić information content (AvgIpc) is 3.11. The third kappa shape index (κ3) is 6.82. The minimum absolute atomic E-state index is 0.808. The highest BCUT2D eigenvalue weighted by Crippen LogP contribution is 2.26. The van der Waals surface area contributed by atoms with Crippen molar-refractivity contribution in [1.82, 2.24) is 0 Å². The molecular weight excluding hydrogens is 400 g/mol. The van der Waals surface area contributed by atoms with Crippen LogP contribution in [0.1, 0.15) is 0 Å². The lowest BCUT2D eigenvalue weighted by atomic mass is 10.2. The van der Waals surface area contributed by atoms with E-state index in [4.69, 9.17) is 0 Å². The molecule has 1 heterocycles. The Morgan fingerprint density at radius 3 is 2.11 bits per heavy atom. The summed E-state index contributed by atoms with van der Waals surface area (Å²) in [5.74, 6) is 0. The number of anilines is 2. The number of hydrogen-bond donors (Lipinski definition) is 0. The lowest BCUT2D eigenvalue weighted by molar-refractivity contribution is -0.654. The summed E-state index contributed by atoms with van der Waals surface area (Å²) in [4.78, 5) is 2.14. The normalized spacial score (nSPS) is 11.1. The summed E-state index contributed by atoms with van der Waals surface area (Å²) >= 11 is 1.57. The Labute approximate surface area is 168 Å². The second-order valence-electron chi connectivity index (χ2n) is 5.48. The van der Waals surface area contributed by atoms with Crippen molar-refractivity contribution in [2.45, 2.75) is 0 Å². The Kier molecular flexibility index (Phi) is 7.76. The zero-order chi connectivity index (χ0) is 20.6. The van der Waals surface area contributed by atoms with Crippen LogP contribution in [0.15, 0.2) is 76.4 Å². The van der Waals surface area contributed by atoms with Crippen LogP contribution < -0.4 is 9.47 Å². The number of azo groups is 1. The van der Waals surface area contributed by atoms with Crippen molar-refractivity contribution < 1.29 is 21.7 Å². The van der Waals surface area contributed by atoms with Crippen LogP contribution in [0.4, 0.5) is 22.2 Å². The second-order valence-corrected chi connectivity index (χ2v) is 7.51. The molecule has 148 valence electrons. The van der Waals surface area contributed by atoms with Crippen LogP contribution in [-0.4, -0.2) is 27.1 Å². The summed E-state index contributed by atoms with van der Waals surface area (Å²) in [6.45, 7) is 0. The number of rotatable bonds is 5. The fourth-order valence-electron chi connectivity index (χ4n) is 2.07. The van der Waals surface area contributed by atoms with Gasteiger partial charge in [0.1, 0.15) is 11.9 Å². The number of thiazole rings is 1. The quantitative estimate of drug-likeness (QED) is 0.270. The molecule has 0 unspecified atom stereocenters. The minimum Gasteiger partial charge on any atom is -0.726 e. The highest BCUT2D eigenvalue weighted by Gasteiger charge is 2.07. The van der Waals surface area contributed by atoms with Gasteiger partial charge in [-0.1, -0.05) is 18.2 Å². The highest BCUT2D eigenvalue weighted by atomic mass is 32.3. The van der Waals surface area contributed by atoms with Gasteiger partial charge in [0, 0.05) is 23.8 Å². The Morgan fingerprint density at radius 2 is 1.61 bits per heavy atom. The topological polar surface area (TPSA) is 98.3 Å². The Hall–Kier alpha value is -2.66. The third-order valence-corrected chi connectivity index (χ3v) is 4.84. The van der Waals surface area contributed by atoms with Crippen molar-refractivity contribution in [3.05, 3.63) is 66.2 Å². The lowest BCUT2D eigenvalue weighted by Gasteiger charge is -2.19. The maximum absolute atomic E-state index is 9.22. The monoisotopic (exact) mass is 420 g/mol. The van der Waals surface area contributed by atoms with Crippen molar-refractivity contribution in [1.29, 1.82) is 0 Å². The van der Waals surface area contributed by atoms with Gasteiger partial charge in [-0.05, 0) is 52.8 Å². The molecule has 3 rings (SSSR count). The molecule has 0 saturated heterocycles. The summed E-state index contributed by atoms with van der Waals surface area (Å²) in [7, 11) is 0.410. The van der Waals surface area contributed by atoms with Gasteiger partial charge in [0.25, 0.3) is 0 Å². The molecule has 3 aromatic rings. The van der Waals surface area contributed by atoms with Crippen LogP contribution in [0.3, 0.4) is 0 Å². The van der Waals surface area contributed by atoms with Gasteiger partial charge in [-0.2, -0.15) is 0 Å². The van der Waals surface area contributed by atoms with Crippen molar-refractivity contribution in [2.75, 3.05) is 19.1 Å². The highest BCUT2D eigenvalue weighted by molar-refractivity contribution is 7.80. The number of aromatic nitrogens is 1. The van der Waals surface area contributed by atoms with Gasteiger partial charge < -0.3 is 9.45 Å². The van der Waals surface area contributed by atoms with Crippen LogP contribution in [0, 0.1) is 0 Å². The van der Waals surface area contributed by atoms with Crippen molar-refractivity contribution in [3.8, 4) is 0 Å².